The van der Waals surface area contributed by atoms with E-state index in [9.17, 15) is 9.59 Å². The second-order valence-corrected chi connectivity index (χ2v) is 11.5. The van der Waals surface area contributed by atoms with E-state index in [1.165, 1.54) is 45.6 Å². The number of ketones is 1. The lowest BCUT2D eigenvalue weighted by Crippen LogP contribution is -2.53. The van der Waals surface area contributed by atoms with Crippen molar-refractivity contribution in [2.24, 2.45) is 46.3 Å². The van der Waals surface area contributed by atoms with Crippen molar-refractivity contribution in [3.05, 3.63) is 0 Å². The van der Waals surface area contributed by atoms with Crippen molar-refractivity contribution < 1.29 is 14.3 Å². The number of carbonyl (C=O) groups is 2. The van der Waals surface area contributed by atoms with Crippen molar-refractivity contribution in [1.82, 2.24) is 0 Å². The van der Waals surface area contributed by atoms with Gasteiger partial charge in [0.2, 0.25) is 0 Å². The highest BCUT2D eigenvalue weighted by atomic mass is 16.5. The minimum Gasteiger partial charge on any atom is -0.469 e. The minimum absolute atomic E-state index is 0.224. The van der Waals surface area contributed by atoms with Crippen LogP contribution in [0.5, 0.6) is 0 Å². The van der Waals surface area contributed by atoms with Crippen LogP contribution in [0.1, 0.15) is 98.8 Å². The molecule has 0 aromatic carbocycles. The topological polar surface area (TPSA) is 43.4 Å². The van der Waals surface area contributed by atoms with Crippen LogP contribution in [0.15, 0.2) is 0 Å². The Morgan fingerprint density at radius 3 is 2.45 bits per heavy atom. The molecule has 0 heterocycles. The first-order valence-electron chi connectivity index (χ1n) is 12.2. The van der Waals surface area contributed by atoms with Gasteiger partial charge in [-0.15, -0.1) is 0 Å². The second-order valence-electron chi connectivity index (χ2n) is 11.5. The zero-order chi connectivity index (χ0) is 21.4. The number of fused-ring (bicyclic) bond motifs is 3. The van der Waals surface area contributed by atoms with E-state index in [4.69, 9.17) is 4.74 Å². The molecule has 7 atom stereocenters. The number of rotatable bonds is 7. The summed E-state index contributed by atoms with van der Waals surface area (Å²) in [7, 11) is 1.44. The summed E-state index contributed by atoms with van der Waals surface area (Å²) < 4.78 is 4.96. The third kappa shape index (κ3) is 4.17. The van der Waals surface area contributed by atoms with Crippen molar-refractivity contribution in [1.29, 1.82) is 0 Å². The highest BCUT2D eigenvalue weighted by Gasteiger charge is 2.60. The Morgan fingerprint density at radius 1 is 1.07 bits per heavy atom. The number of Topliss-reactive ketones (excluding diaryl/α,β-unsaturated/α-hetero) is 1. The second kappa shape index (κ2) is 8.71. The summed E-state index contributed by atoms with van der Waals surface area (Å²) in [6, 6.07) is 0. The molecule has 0 amide bonds. The van der Waals surface area contributed by atoms with Crippen molar-refractivity contribution in [2.75, 3.05) is 7.11 Å². The first kappa shape index (κ1) is 22.8. The fraction of sp³-hybridized carbons (Fsp3) is 0.923. The van der Waals surface area contributed by atoms with E-state index in [-0.39, 0.29) is 12.4 Å². The number of carbonyl (C=O) groups excluding carboxylic acids is 2. The molecule has 0 N–H and O–H groups in total. The monoisotopic (exact) mass is 404 g/mol. The molecule has 0 aliphatic heterocycles. The van der Waals surface area contributed by atoms with Gasteiger partial charge in [-0.05, 0) is 73.0 Å². The predicted octanol–water partition coefficient (Wildman–Crippen LogP) is 6.44. The summed E-state index contributed by atoms with van der Waals surface area (Å²) in [5.74, 6) is 4.19. The standard InChI is InChI=1S/C26H44O3/c1-17(2)8-7-9-18(3)20-11-12-21-19-10-13-23(27)26(5,16-24(28)29-6)22(19)14-15-25(20,21)4/h17-22H,7-16H2,1-6H3/t18-,19+,20-,21+,22+,25-,26-/m1/s1. The molecule has 166 valence electrons. The van der Waals surface area contributed by atoms with E-state index in [1.807, 2.05) is 0 Å². The largest absolute Gasteiger partial charge is 0.469 e. The van der Waals surface area contributed by atoms with E-state index in [2.05, 4.69) is 34.6 Å². The first-order valence-corrected chi connectivity index (χ1v) is 12.2. The Morgan fingerprint density at radius 2 is 1.79 bits per heavy atom. The van der Waals surface area contributed by atoms with Crippen LogP contribution in [-0.2, 0) is 14.3 Å². The Balaban J connectivity index is 1.75. The SMILES string of the molecule is COC(=O)C[C@@]1(C)C(=O)CC[C@H]2[C@@H]3CC[C@H]([C@H](C)CCCC(C)C)[C@@]3(C)CC[C@@H]21. The maximum Gasteiger partial charge on any atom is 0.306 e. The number of esters is 1. The molecule has 3 aliphatic rings. The molecule has 3 nitrogen and oxygen atoms in total. The third-order valence-electron chi connectivity index (χ3n) is 9.54. The number of hydrogen-bond acceptors (Lipinski definition) is 3. The number of ether oxygens (including phenoxy) is 1. The van der Waals surface area contributed by atoms with Crippen molar-refractivity contribution in [3.8, 4) is 0 Å². The van der Waals surface area contributed by atoms with Gasteiger partial charge in [0.05, 0.1) is 13.5 Å². The van der Waals surface area contributed by atoms with E-state index in [0.717, 1.165) is 36.5 Å². The third-order valence-corrected chi connectivity index (χ3v) is 9.54. The quantitative estimate of drug-likeness (QED) is 0.459. The number of methoxy groups -OCH3 is 1. The van der Waals surface area contributed by atoms with E-state index < -0.39 is 5.41 Å². The zero-order valence-corrected chi connectivity index (χ0v) is 19.8. The van der Waals surface area contributed by atoms with Gasteiger partial charge in [0.25, 0.3) is 0 Å². The van der Waals surface area contributed by atoms with Gasteiger partial charge in [-0.3, -0.25) is 9.59 Å². The average Bonchev–Trinajstić information content (AvgIpc) is 3.01. The zero-order valence-electron chi connectivity index (χ0n) is 19.8. The maximum atomic E-state index is 12.9. The van der Waals surface area contributed by atoms with E-state index in [1.54, 1.807) is 0 Å². The molecule has 0 unspecified atom stereocenters. The van der Waals surface area contributed by atoms with Crippen LogP contribution in [0.3, 0.4) is 0 Å². The van der Waals surface area contributed by atoms with Crippen LogP contribution in [-0.4, -0.2) is 18.9 Å². The summed E-state index contributed by atoms with van der Waals surface area (Å²) in [4.78, 5) is 25.0. The molecule has 3 fully saturated rings. The lowest BCUT2D eigenvalue weighted by atomic mass is 9.48. The van der Waals surface area contributed by atoms with Crippen LogP contribution in [0.4, 0.5) is 0 Å². The van der Waals surface area contributed by atoms with Crippen molar-refractivity contribution in [3.63, 3.8) is 0 Å². The molecule has 0 aromatic heterocycles. The molecular weight excluding hydrogens is 360 g/mol. The van der Waals surface area contributed by atoms with Crippen LogP contribution >= 0.6 is 0 Å². The molecule has 3 aliphatic carbocycles. The van der Waals surface area contributed by atoms with Gasteiger partial charge in [-0.25, -0.2) is 0 Å². The summed E-state index contributed by atoms with van der Waals surface area (Å²) in [5.41, 5.74) is -0.0940. The van der Waals surface area contributed by atoms with Crippen LogP contribution < -0.4 is 0 Å². The molecule has 3 heteroatoms. The Labute approximate surface area is 178 Å². The van der Waals surface area contributed by atoms with Crippen LogP contribution in [0.2, 0.25) is 0 Å². The van der Waals surface area contributed by atoms with E-state index in [0.29, 0.717) is 29.5 Å². The summed E-state index contributed by atoms with van der Waals surface area (Å²) in [5, 5.41) is 0. The predicted molar refractivity (Wildman–Crippen MR) is 117 cm³/mol. The smallest absolute Gasteiger partial charge is 0.306 e. The fourth-order valence-corrected chi connectivity index (χ4v) is 7.90. The molecule has 0 bridgehead atoms. The molecule has 29 heavy (non-hydrogen) atoms. The summed E-state index contributed by atoms with van der Waals surface area (Å²) in [6.07, 6.45) is 11.0. The summed E-state index contributed by atoms with van der Waals surface area (Å²) >= 11 is 0. The van der Waals surface area contributed by atoms with Gasteiger partial charge in [0.1, 0.15) is 5.78 Å². The minimum atomic E-state index is -0.516. The normalized spacial score (nSPS) is 40.4. The fourth-order valence-electron chi connectivity index (χ4n) is 7.90. The molecule has 0 aromatic rings. The van der Waals surface area contributed by atoms with Crippen molar-refractivity contribution in [2.45, 2.75) is 98.8 Å². The van der Waals surface area contributed by atoms with Gasteiger partial charge < -0.3 is 4.74 Å². The highest BCUT2D eigenvalue weighted by molar-refractivity contribution is 5.89. The Hall–Kier alpha value is -0.860. The summed E-state index contributed by atoms with van der Waals surface area (Å²) in [6.45, 7) is 11.8. The average molecular weight is 405 g/mol. The molecule has 3 rings (SSSR count). The molecular formula is C26H44O3. The van der Waals surface area contributed by atoms with Gasteiger partial charge in [0, 0.05) is 11.8 Å². The lowest BCUT2D eigenvalue weighted by Gasteiger charge is -2.56. The van der Waals surface area contributed by atoms with Gasteiger partial charge in [-0.2, -0.15) is 0 Å². The number of hydrogen-bond donors (Lipinski definition) is 0. The van der Waals surface area contributed by atoms with Crippen LogP contribution in [0, 0.1) is 46.3 Å². The molecule has 3 saturated carbocycles. The van der Waals surface area contributed by atoms with E-state index >= 15 is 0 Å². The molecule has 0 saturated heterocycles. The first-order chi connectivity index (χ1) is 13.6. The van der Waals surface area contributed by atoms with Crippen molar-refractivity contribution >= 4 is 11.8 Å². The Bertz CT molecular complexity index is 611. The van der Waals surface area contributed by atoms with Gasteiger partial charge >= 0.3 is 5.97 Å². The van der Waals surface area contributed by atoms with Gasteiger partial charge in [-0.1, -0.05) is 53.9 Å². The maximum absolute atomic E-state index is 12.9. The van der Waals surface area contributed by atoms with Gasteiger partial charge in [0.15, 0.2) is 0 Å². The lowest BCUT2D eigenvalue weighted by molar-refractivity contribution is -0.158. The highest BCUT2D eigenvalue weighted by Crippen LogP contribution is 2.65. The molecule has 0 radical (unpaired) electrons. The Kier molecular flexibility index (Phi) is 6.85. The molecule has 0 spiro atoms. The van der Waals surface area contributed by atoms with Crippen LogP contribution in [0.25, 0.3) is 0 Å².